The van der Waals surface area contributed by atoms with Gasteiger partial charge in [0.15, 0.2) is 0 Å². The molecule has 0 N–H and O–H groups in total. The van der Waals surface area contributed by atoms with Crippen LogP contribution in [0.4, 0.5) is 0 Å². The number of carbonyl (C=O) groups excluding carboxylic acids is 2. The first-order valence-corrected chi connectivity index (χ1v) is 8.49. The Bertz CT molecular complexity index is 677. The fourth-order valence-corrected chi connectivity index (χ4v) is 2.90. The number of benzene rings is 2. The van der Waals surface area contributed by atoms with Crippen LogP contribution in [0.1, 0.15) is 13.8 Å². The number of esters is 2. The number of ether oxygens (including phenoxy) is 2. The van der Waals surface area contributed by atoms with E-state index in [0.717, 1.165) is 7.14 Å². The Morgan fingerprint density at radius 1 is 0.773 bits per heavy atom. The Labute approximate surface area is 155 Å². The van der Waals surface area contributed by atoms with Gasteiger partial charge in [0.1, 0.15) is 11.5 Å². The van der Waals surface area contributed by atoms with Crippen LogP contribution in [-0.4, -0.2) is 11.9 Å². The van der Waals surface area contributed by atoms with Crippen molar-refractivity contribution in [3.8, 4) is 22.6 Å². The lowest BCUT2D eigenvalue weighted by Gasteiger charge is -2.14. The van der Waals surface area contributed by atoms with Crippen LogP contribution in [-0.2, 0) is 9.59 Å². The average molecular weight is 522 g/mol. The van der Waals surface area contributed by atoms with Gasteiger partial charge in [0.2, 0.25) is 0 Å². The molecule has 0 amide bonds. The van der Waals surface area contributed by atoms with Gasteiger partial charge in [0.05, 0.1) is 0 Å². The van der Waals surface area contributed by atoms with Crippen molar-refractivity contribution in [1.29, 1.82) is 0 Å². The number of rotatable bonds is 3. The molecule has 2 rings (SSSR count). The molecule has 0 aliphatic carbocycles. The molecule has 0 aliphatic rings. The second kappa shape index (κ2) is 7.40. The highest BCUT2D eigenvalue weighted by Gasteiger charge is 2.15. The van der Waals surface area contributed by atoms with E-state index in [9.17, 15) is 9.59 Å². The molecule has 22 heavy (non-hydrogen) atoms. The Morgan fingerprint density at radius 2 is 1.14 bits per heavy atom. The Balaban J connectivity index is 2.63. The van der Waals surface area contributed by atoms with E-state index in [4.69, 9.17) is 9.47 Å². The quantitative estimate of drug-likeness (QED) is 0.341. The summed E-state index contributed by atoms with van der Waals surface area (Å²) in [4.78, 5) is 22.6. The SMILES string of the molecule is CC(=O)Oc1ccc(I)cc1-c1cc(I)ccc1OC(C)=O. The summed E-state index contributed by atoms with van der Waals surface area (Å²) in [5.41, 5.74) is 1.41. The minimum Gasteiger partial charge on any atom is -0.426 e. The molecule has 0 aromatic heterocycles. The van der Waals surface area contributed by atoms with Crippen molar-refractivity contribution in [1.82, 2.24) is 0 Å². The van der Waals surface area contributed by atoms with Crippen LogP contribution < -0.4 is 9.47 Å². The van der Waals surface area contributed by atoms with Crippen LogP contribution in [0.3, 0.4) is 0 Å². The third-order valence-electron chi connectivity index (χ3n) is 2.68. The summed E-state index contributed by atoms with van der Waals surface area (Å²) in [7, 11) is 0. The molecule has 0 saturated carbocycles. The summed E-state index contributed by atoms with van der Waals surface area (Å²) < 4.78 is 12.5. The van der Waals surface area contributed by atoms with Gasteiger partial charge in [0, 0.05) is 32.1 Å². The van der Waals surface area contributed by atoms with Gasteiger partial charge >= 0.3 is 11.9 Å². The summed E-state index contributed by atoms with van der Waals surface area (Å²) in [6.45, 7) is 2.70. The molecule has 0 spiro atoms. The Morgan fingerprint density at radius 3 is 1.45 bits per heavy atom. The van der Waals surface area contributed by atoms with Crippen molar-refractivity contribution in [2.45, 2.75) is 13.8 Å². The number of halogens is 2. The summed E-state index contributed by atoms with van der Waals surface area (Å²) in [5, 5.41) is 0. The van der Waals surface area contributed by atoms with Crippen molar-refractivity contribution >= 4 is 57.1 Å². The molecule has 0 saturated heterocycles. The summed E-state index contributed by atoms with van der Waals surface area (Å²) in [6.07, 6.45) is 0. The Hall–Kier alpha value is -1.16. The van der Waals surface area contributed by atoms with Crippen LogP contribution in [0.2, 0.25) is 0 Å². The molecular formula is C16H12I2O4. The minimum absolute atomic E-state index is 0.401. The first-order chi connectivity index (χ1) is 10.4. The van der Waals surface area contributed by atoms with Gasteiger partial charge in [-0.2, -0.15) is 0 Å². The molecule has 6 heteroatoms. The average Bonchev–Trinajstić information content (AvgIpc) is 2.42. The fraction of sp³-hybridized carbons (Fsp3) is 0.125. The molecule has 2 aromatic carbocycles. The molecule has 114 valence electrons. The minimum atomic E-state index is -0.401. The maximum absolute atomic E-state index is 11.3. The van der Waals surface area contributed by atoms with E-state index in [1.807, 2.05) is 24.3 Å². The van der Waals surface area contributed by atoms with E-state index in [1.54, 1.807) is 12.1 Å². The highest BCUT2D eigenvalue weighted by molar-refractivity contribution is 14.1. The molecular weight excluding hydrogens is 510 g/mol. The van der Waals surface area contributed by atoms with Crippen molar-refractivity contribution in [3.05, 3.63) is 43.5 Å². The van der Waals surface area contributed by atoms with Crippen molar-refractivity contribution in [2.24, 2.45) is 0 Å². The van der Waals surface area contributed by atoms with Crippen LogP contribution in [0.15, 0.2) is 36.4 Å². The van der Waals surface area contributed by atoms with Crippen LogP contribution in [0.25, 0.3) is 11.1 Å². The van der Waals surface area contributed by atoms with Gasteiger partial charge in [-0.05, 0) is 81.6 Å². The molecule has 0 radical (unpaired) electrons. The van der Waals surface area contributed by atoms with Gasteiger partial charge in [0.25, 0.3) is 0 Å². The fourth-order valence-electron chi connectivity index (χ4n) is 1.91. The molecule has 0 bridgehead atoms. The lowest BCUT2D eigenvalue weighted by molar-refractivity contribution is -0.132. The second-order valence-corrected chi connectivity index (χ2v) is 6.96. The third kappa shape index (κ3) is 4.42. The second-order valence-electron chi connectivity index (χ2n) is 4.47. The highest BCUT2D eigenvalue weighted by Crippen LogP contribution is 2.38. The zero-order valence-electron chi connectivity index (χ0n) is 11.9. The molecule has 0 unspecified atom stereocenters. The van der Waals surface area contributed by atoms with Gasteiger partial charge in [-0.15, -0.1) is 0 Å². The van der Waals surface area contributed by atoms with Crippen molar-refractivity contribution < 1.29 is 19.1 Å². The zero-order chi connectivity index (χ0) is 16.3. The predicted octanol–water partition coefficient (Wildman–Crippen LogP) is 4.41. The van der Waals surface area contributed by atoms with Gasteiger partial charge in [-0.25, -0.2) is 0 Å². The van der Waals surface area contributed by atoms with Gasteiger partial charge in [-0.1, -0.05) is 0 Å². The van der Waals surface area contributed by atoms with E-state index in [0.29, 0.717) is 22.6 Å². The predicted molar refractivity (Wildman–Crippen MR) is 99.9 cm³/mol. The number of hydrogen-bond donors (Lipinski definition) is 0. The lowest BCUT2D eigenvalue weighted by Crippen LogP contribution is -2.05. The molecule has 0 aliphatic heterocycles. The van der Waals surface area contributed by atoms with Gasteiger partial charge < -0.3 is 9.47 Å². The number of hydrogen-bond acceptors (Lipinski definition) is 4. The summed E-state index contributed by atoms with van der Waals surface area (Å²) in [5.74, 6) is 0.0656. The van der Waals surface area contributed by atoms with E-state index < -0.39 is 11.9 Å². The first kappa shape index (κ1) is 17.2. The first-order valence-electron chi connectivity index (χ1n) is 6.33. The largest absolute Gasteiger partial charge is 0.426 e. The van der Waals surface area contributed by atoms with E-state index in [2.05, 4.69) is 45.2 Å². The van der Waals surface area contributed by atoms with E-state index in [1.165, 1.54) is 13.8 Å². The normalized spacial score (nSPS) is 10.2. The summed E-state index contributed by atoms with van der Waals surface area (Å²) in [6, 6.07) is 10.9. The van der Waals surface area contributed by atoms with Crippen LogP contribution in [0.5, 0.6) is 11.5 Å². The molecule has 0 heterocycles. The van der Waals surface area contributed by atoms with Crippen molar-refractivity contribution in [2.75, 3.05) is 0 Å². The van der Waals surface area contributed by atoms with Crippen LogP contribution in [0, 0.1) is 7.14 Å². The zero-order valence-corrected chi connectivity index (χ0v) is 16.2. The summed E-state index contributed by atoms with van der Waals surface area (Å²) >= 11 is 4.36. The molecule has 0 fully saturated rings. The molecule has 2 aromatic rings. The number of carbonyl (C=O) groups is 2. The monoisotopic (exact) mass is 522 g/mol. The maximum atomic E-state index is 11.3. The van der Waals surface area contributed by atoms with E-state index >= 15 is 0 Å². The lowest BCUT2D eigenvalue weighted by atomic mass is 10.0. The highest BCUT2D eigenvalue weighted by atomic mass is 127. The smallest absolute Gasteiger partial charge is 0.308 e. The van der Waals surface area contributed by atoms with E-state index in [-0.39, 0.29) is 0 Å². The van der Waals surface area contributed by atoms with Crippen LogP contribution >= 0.6 is 45.2 Å². The molecule has 0 atom stereocenters. The molecule has 4 nitrogen and oxygen atoms in total. The Kier molecular flexibility index (Phi) is 5.79. The van der Waals surface area contributed by atoms with Crippen molar-refractivity contribution in [3.63, 3.8) is 0 Å². The topological polar surface area (TPSA) is 52.6 Å². The standard InChI is InChI=1S/C16H12I2O4/c1-9(19)21-15-5-3-11(17)7-13(15)14-8-12(18)4-6-16(14)22-10(2)20/h3-8H,1-2H3. The third-order valence-corrected chi connectivity index (χ3v) is 4.02. The van der Waals surface area contributed by atoms with Gasteiger partial charge in [-0.3, -0.25) is 9.59 Å². The maximum Gasteiger partial charge on any atom is 0.308 e.